The number of aromatic nitrogens is 6. The fraction of sp³-hybridized carbons (Fsp3) is 0.262. The van der Waals surface area contributed by atoms with Crippen LogP contribution in [-0.4, -0.2) is 54.1 Å². The summed E-state index contributed by atoms with van der Waals surface area (Å²) in [6.45, 7) is 15.4. The third-order valence-electron chi connectivity index (χ3n) is 9.18. The first kappa shape index (κ1) is 42.1. The second-order valence-electron chi connectivity index (χ2n) is 14.9. The molecule has 0 aliphatic carbocycles. The standard InChI is InChI=1S/C16H25BN2O3.C16H12FN3.C10H6FIN2/c1-14(2,3)13(20)19-12-11(9-8-10-18-12)17-21-15(4,5)16(6,7)22-17;1-11-14(5-3-7-19-11)15-8-13(10-20-16(15)17)12-4-2-6-18-9-12;11-10-9(12)4-8(6-14-10)7-2-1-3-13-5-7/h8-10H,1-7H3,(H,18,19,20);2-10H,1H3;1-6H. The third-order valence-corrected chi connectivity index (χ3v) is 9.94. The third kappa shape index (κ3) is 10.4. The number of nitrogens with one attached hydrogen (secondary N) is 1. The van der Waals surface area contributed by atoms with E-state index in [0.29, 0.717) is 15.0 Å². The van der Waals surface area contributed by atoms with Crippen LogP contribution >= 0.6 is 22.6 Å². The lowest BCUT2D eigenvalue weighted by Gasteiger charge is -2.32. The molecule has 6 aromatic rings. The minimum atomic E-state index is -0.547. The molecule has 1 amide bonds. The molecule has 0 aromatic carbocycles. The lowest BCUT2D eigenvalue weighted by atomic mass is 9.79. The van der Waals surface area contributed by atoms with Crippen molar-refractivity contribution in [2.24, 2.45) is 5.41 Å². The van der Waals surface area contributed by atoms with Crippen molar-refractivity contribution >= 4 is 46.9 Å². The molecule has 1 saturated heterocycles. The van der Waals surface area contributed by atoms with Crippen LogP contribution in [0.1, 0.15) is 54.2 Å². The summed E-state index contributed by atoms with van der Waals surface area (Å²) in [5.41, 5.74) is 4.92. The van der Waals surface area contributed by atoms with Gasteiger partial charge in [0.25, 0.3) is 0 Å². The van der Waals surface area contributed by atoms with Gasteiger partial charge in [0.1, 0.15) is 5.82 Å². The maximum atomic E-state index is 14.0. The number of carbonyl (C=O) groups is 1. The maximum absolute atomic E-state index is 14.0. The summed E-state index contributed by atoms with van der Waals surface area (Å²) < 4.78 is 39.5. The molecule has 14 heteroatoms. The van der Waals surface area contributed by atoms with Gasteiger partial charge in [0, 0.05) is 99.5 Å². The lowest BCUT2D eigenvalue weighted by Crippen LogP contribution is -2.41. The number of halogens is 3. The summed E-state index contributed by atoms with van der Waals surface area (Å²) in [5.74, 6) is -0.531. The number of nitrogens with zero attached hydrogens (tertiary/aromatic N) is 6. The number of rotatable bonds is 5. The molecule has 1 aliphatic rings. The smallest absolute Gasteiger partial charge is 0.399 e. The zero-order chi connectivity index (χ0) is 40.7. The van der Waals surface area contributed by atoms with Gasteiger partial charge in [0.05, 0.1) is 14.8 Å². The van der Waals surface area contributed by atoms with Gasteiger partial charge in [-0.3, -0.25) is 19.7 Å². The molecule has 0 bridgehead atoms. The first-order valence-corrected chi connectivity index (χ1v) is 18.9. The van der Waals surface area contributed by atoms with Crippen LogP contribution in [-0.2, 0) is 14.1 Å². The van der Waals surface area contributed by atoms with Crippen molar-refractivity contribution in [2.45, 2.75) is 66.6 Å². The number of carbonyl (C=O) groups excluding carboxylic acids is 1. The van der Waals surface area contributed by atoms with Crippen LogP contribution in [0.2, 0.25) is 0 Å². The second kappa shape index (κ2) is 17.8. The van der Waals surface area contributed by atoms with Gasteiger partial charge < -0.3 is 14.6 Å². The molecule has 1 fully saturated rings. The maximum Gasteiger partial charge on any atom is 0.498 e. The predicted molar refractivity (Wildman–Crippen MR) is 224 cm³/mol. The molecule has 0 spiro atoms. The van der Waals surface area contributed by atoms with Gasteiger partial charge in [-0.2, -0.15) is 8.78 Å². The van der Waals surface area contributed by atoms with Gasteiger partial charge in [0.15, 0.2) is 0 Å². The van der Waals surface area contributed by atoms with Crippen LogP contribution in [0.25, 0.3) is 33.4 Å². The summed E-state index contributed by atoms with van der Waals surface area (Å²) in [4.78, 5) is 36.3. The van der Waals surface area contributed by atoms with Crippen LogP contribution < -0.4 is 10.8 Å². The minimum absolute atomic E-state index is 0.0935. The summed E-state index contributed by atoms with van der Waals surface area (Å²) >= 11 is 1.92. The van der Waals surface area contributed by atoms with E-state index in [1.54, 1.807) is 55.4 Å². The molecule has 1 aliphatic heterocycles. The Morgan fingerprint density at radius 1 is 0.696 bits per heavy atom. The molecule has 56 heavy (non-hydrogen) atoms. The number of hydrogen-bond acceptors (Lipinski definition) is 9. The van der Waals surface area contributed by atoms with E-state index in [1.165, 1.54) is 12.4 Å². The number of anilines is 1. The Morgan fingerprint density at radius 3 is 1.77 bits per heavy atom. The van der Waals surface area contributed by atoms with E-state index in [4.69, 9.17) is 9.31 Å². The molecular weight excluding hydrogens is 826 g/mol. The summed E-state index contributed by atoms with van der Waals surface area (Å²) in [7, 11) is -0.547. The van der Waals surface area contributed by atoms with E-state index in [2.05, 4.69) is 35.2 Å². The van der Waals surface area contributed by atoms with Gasteiger partial charge in [-0.15, -0.1) is 0 Å². The fourth-order valence-corrected chi connectivity index (χ4v) is 5.66. The van der Waals surface area contributed by atoms with Crippen LogP contribution in [0.3, 0.4) is 0 Å². The van der Waals surface area contributed by atoms with Gasteiger partial charge in [-0.25, -0.2) is 15.0 Å². The fourth-order valence-electron chi connectivity index (χ4n) is 5.19. The quantitative estimate of drug-likeness (QED) is 0.103. The van der Waals surface area contributed by atoms with Gasteiger partial charge in [0.2, 0.25) is 17.8 Å². The van der Waals surface area contributed by atoms with Gasteiger partial charge >= 0.3 is 7.12 Å². The van der Waals surface area contributed by atoms with Gasteiger partial charge in [-0.1, -0.05) is 45.0 Å². The monoisotopic (exact) mass is 869 g/mol. The van der Waals surface area contributed by atoms with Crippen LogP contribution in [0, 0.1) is 27.8 Å². The Hall–Kier alpha value is -5.06. The van der Waals surface area contributed by atoms with Crippen molar-refractivity contribution in [3.8, 4) is 33.4 Å². The van der Waals surface area contributed by atoms with Crippen LogP contribution in [0.15, 0.2) is 110 Å². The highest BCUT2D eigenvalue weighted by Gasteiger charge is 2.52. The van der Waals surface area contributed by atoms with E-state index < -0.39 is 35.6 Å². The Kier molecular flexibility index (Phi) is 13.4. The molecule has 288 valence electrons. The van der Waals surface area contributed by atoms with Crippen LogP contribution in [0.4, 0.5) is 14.6 Å². The highest BCUT2D eigenvalue weighted by atomic mass is 127. The molecule has 0 unspecified atom stereocenters. The topological polar surface area (TPSA) is 125 Å². The summed E-state index contributed by atoms with van der Waals surface area (Å²) in [5, 5.41) is 2.87. The van der Waals surface area contributed by atoms with Crippen molar-refractivity contribution in [2.75, 3.05) is 5.32 Å². The first-order valence-electron chi connectivity index (χ1n) is 17.8. The van der Waals surface area contributed by atoms with Gasteiger partial charge in [-0.05, 0) is 93.6 Å². The van der Waals surface area contributed by atoms with E-state index in [0.717, 1.165) is 39.0 Å². The van der Waals surface area contributed by atoms with Crippen LogP contribution in [0.5, 0.6) is 0 Å². The number of pyridine rings is 6. The average Bonchev–Trinajstić information content (AvgIpc) is 3.40. The highest BCUT2D eigenvalue weighted by Crippen LogP contribution is 2.37. The van der Waals surface area contributed by atoms with Crippen molar-refractivity contribution in [1.29, 1.82) is 0 Å². The molecule has 0 saturated carbocycles. The Bertz CT molecular complexity index is 2260. The van der Waals surface area contributed by atoms with E-state index in [1.807, 2.05) is 120 Å². The Balaban J connectivity index is 0.000000164. The summed E-state index contributed by atoms with van der Waals surface area (Å²) in [6, 6.07) is 18.4. The molecule has 1 N–H and O–H groups in total. The predicted octanol–water partition coefficient (Wildman–Crippen LogP) is 8.91. The SMILES string of the molecule is CC(C)(C)C(=O)Nc1ncccc1B1OC(C)(C)C(C)(C)O1.Cc1ncccc1-c1cc(-c2cccnc2)cnc1F.Fc1ncc(-c2cccnc2)cc1I. The molecule has 7 rings (SSSR count). The Labute approximate surface area is 340 Å². The zero-order valence-corrected chi connectivity index (χ0v) is 34.7. The first-order chi connectivity index (χ1) is 26.5. The molecule has 10 nitrogen and oxygen atoms in total. The van der Waals surface area contributed by atoms with E-state index in [-0.39, 0.29) is 5.91 Å². The van der Waals surface area contributed by atoms with Crippen molar-refractivity contribution < 1.29 is 22.9 Å². The van der Waals surface area contributed by atoms with Crippen molar-refractivity contribution in [3.05, 3.63) is 131 Å². The second-order valence-corrected chi connectivity index (χ2v) is 16.1. The van der Waals surface area contributed by atoms with E-state index in [9.17, 15) is 13.6 Å². The molecular formula is C42H43BF2IN7O3. The lowest BCUT2D eigenvalue weighted by molar-refractivity contribution is -0.123. The molecule has 0 atom stereocenters. The minimum Gasteiger partial charge on any atom is -0.399 e. The largest absolute Gasteiger partial charge is 0.498 e. The number of aryl methyl sites for hydroxylation is 1. The summed E-state index contributed by atoms with van der Waals surface area (Å²) in [6.07, 6.45) is 13.2. The van der Waals surface area contributed by atoms with Crippen molar-refractivity contribution in [3.63, 3.8) is 0 Å². The average molecular weight is 870 g/mol. The molecule has 6 aromatic heterocycles. The highest BCUT2D eigenvalue weighted by molar-refractivity contribution is 14.1. The van der Waals surface area contributed by atoms with E-state index >= 15 is 0 Å². The Morgan fingerprint density at radius 2 is 1.23 bits per heavy atom. The number of amides is 1. The normalized spacial score (nSPS) is 14.2. The molecule has 0 radical (unpaired) electrons. The molecule has 7 heterocycles. The van der Waals surface area contributed by atoms with Crippen molar-refractivity contribution in [1.82, 2.24) is 29.9 Å². The number of hydrogen-bond donors (Lipinski definition) is 1. The zero-order valence-electron chi connectivity index (χ0n) is 32.5.